The van der Waals surface area contributed by atoms with E-state index >= 15 is 0 Å². The lowest BCUT2D eigenvalue weighted by molar-refractivity contribution is 0.0727. The first-order valence-corrected chi connectivity index (χ1v) is 11.4. The van der Waals surface area contributed by atoms with Crippen molar-refractivity contribution in [3.63, 3.8) is 0 Å². The van der Waals surface area contributed by atoms with Crippen LogP contribution in [0.3, 0.4) is 0 Å². The molecule has 2 nitrogen and oxygen atoms in total. The lowest BCUT2D eigenvalue weighted by Gasteiger charge is -2.31. The Morgan fingerprint density at radius 1 is 0.967 bits per heavy atom. The van der Waals surface area contributed by atoms with E-state index in [1.165, 1.54) is 6.07 Å². The molecule has 0 saturated heterocycles. The molecule has 154 valence electrons. The molecule has 0 saturated carbocycles. The van der Waals surface area contributed by atoms with Crippen molar-refractivity contribution in [1.82, 2.24) is 4.90 Å². The minimum atomic E-state index is -0.248. The molecule has 0 unspecified atom stereocenters. The highest BCUT2D eigenvalue weighted by Crippen LogP contribution is 2.35. The monoisotopic (exact) mass is 485 g/mol. The van der Waals surface area contributed by atoms with Gasteiger partial charge < -0.3 is 4.90 Å². The van der Waals surface area contributed by atoms with E-state index in [1.54, 1.807) is 6.07 Å². The molecule has 4 rings (SSSR count). The lowest BCUT2D eigenvalue weighted by atomic mass is 9.87. The third-order valence-corrected chi connectivity index (χ3v) is 6.76. The van der Waals surface area contributed by atoms with Gasteiger partial charge in [0.2, 0.25) is 0 Å². The van der Waals surface area contributed by atoms with Crippen LogP contribution >= 0.6 is 27.5 Å². The van der Waals surface area contributed by atoms with Crippen LogP contribution in [0.1, 0.15) is 38.2 Å². The Labute approximate surface area is 189 Å². The molecule has 0 aromatic heterocycles. The molecule has 3 aromatic carbocycles. The van der Waals surface area contributed by atoms with Gasteiger partial charge in [0.1, 0.15) is 5.82 Å². The number of nitrogens with zero attached hydrogens (tertiary/aromatic N) is 1. The van der Waals surface area contributed by atoms with Gasteiger partial charge in [0.05, 0.1) is 0 Å². The molecule has 5 heteroatoms. The summed E-state index contributed by atoms with van der Waals surface area (Å²) in [6.45, 7) is 5.08. The van der Waals surface area contributed by atoms with Gasteiger partial charge in [-0.2, -0.15) is 0 Å². The van der Waals surface area contributed by atoms with Gasteiger partial charge in [-0.1, -0.05) is 45.7 Å². The van der Waals surface area contributed by atoms with Crippen LogP contribution in [-0.2, 0) is 18.3 Å². The van der Waals surface area contributed by atoms with Crippen molar-refractivity contribution in [2.45, 2.75) is 32.1 Å². The first-order valence-electron chi connectivity index (χ1n) is 9.90. The molecule has 1 heterocycles. The number of rotatable bonds is 4. The number of hydrogen-bond acceptors (Lipinski definition) is 1. The summed E-state index contributed by atoms with van der Waals surface area (Å²) in [6.07, 6.45) is 0.766. The van der Waals surface area contributed by atoms with Crippen molar-refractivity contribution >= 4 is 33.4 Å². The zero-order valence-corrected chi connectivity index (χ0v) is 19.3. The molecular formula is C25H22BrClFNO. The fourth-order valence-electron chi connectivity index (χ4n) is 4.13. The van der Waals surface area contributed by atoms with E-state index in [-0.39, 0.29) is 11.7 Å². The Morgan fingerprint density at radius 2 is 1.73 bits per heavy atom. The zero-order valence-electron chi connectivity index (χ0n) is 16.9. The maximum absolute atomic E-state index is 13.6. The summed E-state index contributed by atoms with van der Waals surface area (Å²) in [5.74, 6) is -0.213. The summed E-state index contributed by atoms with van der Waals surface area (Å²) in [5, 5.41) is 1.38. The summed E-state index contributed by atoms with van der Waals surface area (Å²) >= 11 is 9.67. The summed E-state index contributed by atoms with van der Waals surface area (Å²) in [4.78, 5) is 15.3. The molecule has 0 aliphatic carbocycles. The normalized spacial score (nSPS) is 13.5. The van der Waals surface area contributed by atoms with Gasteiger partial charge in [0.25, 0.3) is 5.91 Å². The number of carbonyl (C=O) groups excluding carboxylic acids is 1. The second-order valence-corrected chi connectivity index (χ2v) is 8.79. The fourth-order valence-corrected chi connectivity index (χ4v) is 4.58. The average Bonchev–Trinajstić information content (AvgIpc) is 2.72. The number of alkyl halides is 1. The number of aryl methyl sites for hydroxylation is 2. The number of halogens is 3. The molecule has 0 N–H and O–H groups in total. The predicted molar refractivity (Wildman–Crippen MR) is 124 cm³/mol. The van der Waals surface area contributed by atoms with E-state index in [1.807, 2.05) is 49.1 Å². The van der Waals surface area contributed by atoms with E-state index in [4.69, 9.17) is 11.6 Å². The zero-order chi connectivity index (χ0) is 21.4. The minimum absolute atomic E-state index is 0.0349. The Kier molecular flexibility index (Phi) is 5.99. The van der Waals surface area contributed by atoms with Gasteiger partial charge >= 0.3 is 0 Å². The highest BCUT2D eigenvalue weighted by molar-refractivity contribution is 9.08. The molecule has 0 fully saturated rings. The van der Waals surface area contributed by atoms with Crippen molar-refractivity contribution in [3.8, 4) is 11.1 Å². The molecule has 0 bridgehead atoms. The van der Waals surface area contributed by atoms with Crippen LogP contribution in [0.2, 0.25) is 5.02 Å². The van der Waals surface area contributed by atoms with Crippen molar-refractivity contribution in [3.05, 3.63) is 92.8 Å². The average molecular weight is 487 g/mol. The fraction of sp³-hybridized carbons (Fsp3) is 0.240. The van der Waals surface area contributed by atoms with Crippen LogP contribution in [0.4, 0.5) is 4.39 Å². The van der Waals surface area contributed by atoms with Gasteiger partial charge in [-0.05, 0) is 89.5 Å². The Bertz CT molecular complexity index is 1140. The number of fused-ring (bicyclic) bond motifs is 1. The van der Waals surface area contributed by atoms with Gasteiger partial charge in [-0.25, -0.2) is 4.39 Å². The summed E-state index contributed by atoms with van der Waals surface area (Å²) in [6, 6.07) is 14.8. The summed E-state index contributed by atoms with van der Waals surface area (Å²) in [5.41, 5.74) is 7.76. The number of carbonyl (C=O) groups is 1. The van der Waals surface area contributed by atoms with E-state index in [0.717, 1.165) is 56.0 Å². The molecule has 1 aliphatic rings. The third-order valence-electron chi connectivity index (χ3n) is 5.69. The maximum atomic E-state index is 13.6. The van der Waals surface area contributed by atoms with Crippen LogP contribution in [0.15, 0.2) is 48.5 Å². The molecule has 0 spiro atoms. The predicted octanol–water partition coefficient (Wildman–Crippen LogP) is 6.86. The second kappa shape index (κ2) is 8.52. The molecule has 0 atom stereocenters. The van der Waals surface area contributed by atoms with Gasteiger partial charge in [-0.15, -0.1) is 0 Å². The van der Waals surface area contributed by atoms with Gasteiger partial charge in [0, 0.05) is 29.0 Å². The van der Waals surface area contributed by atoms with E-state index in [9.17, 15) is 9.18 Å². The van der Waals surface area contributed by atoms with Gasteiger partial charge in [0.15, 0.2) is 0 Å². The van der Waals surface area contributed by atoms with E-state index in [0.29, 0.717) is 18.4 Å². The molecule has 3 aromatic rings. The standard InChI is InChI=1S/C25H22BrClFNO/c1-15-10-19(28)4-5-20(15)22-11-18(13-26)12-23-21(22)7-8-29(25(23)30)14-17-3-6-24(27)16(2)9-17/h3-6,9-12H,7-8,13-14H2,1-2H3. The van der Waals surface area contributed by atoms with Crippen LogP contribution in [-0.4, -0.2) is 17.4 Å². The lowest BCUT2D eigenvalue weighted by Crippen LogP contribution is -2.37. The van der Waals surface area contributed by atoms with Crippen LogP contribution in [0, 0.1) is 19.7 Å². The highest BCUT2D eigenvalue weighted by Gasteiger charge is 2.27. The van der Waals surface area contributed by atoms with Crippen molar-refractivity contribution in [2.75, 3.05) is 6.54 Å². The topological polar surface area (TPSA) is 20.3 Å². The molecule has 0 radical (unpaired) electrons. The molecule has 1 aliphatic heterocycles. The first-order chi connectivity index (χ1) is 14.4. The number of hydrogen-bond donors (Lipinski definition) is 0. The molecule has 1 amide bonds. The van der Waals surface area contributed by atoms with Crippen molar-refractivity contribution in [2.24, 2.45) is 0 Å². The Hall–Kier alpha value is -2.17. The van der Waals surface area contributed by atoms with Crippen LogP contribution < -0.4 is 0 Å². The largest absolute Gasteiger partial charge is 0.334 e. The summed E-state index contributed by atoms with van der Waals surface area (Å²) in [7, 11) is 0. The van der Waals surface area contributed by atoms with Crippen molar-refractivity contribution in [1.29, 1.82) is 0 Å². The van der Waals surface area contributed by atoms with E-state index in [2.05, 4.69) is 22.0 Å². The van der Waals surface area contributed by atoms with Crippen LogP contribution in [0.25, 0.3) is 11.1 Å². The van der Waals surface area contributed by atoms with Crippen molar-refractivity contribution < 1.29 is 9.18 Å². The van der Waals surface area contributed by atoms with Crippen LogP contribution in [0.5, 0.6) is 0 Å². The minimum Gasteiger partial charge on any atom is -0.334 e. The Balaban J connectivity index is 1.73. The smallest absolute Gasteiger partial charge is 0.254 e. The molecule has 30 heavy (non-hydrogen) atoms. The van der Waals surface area contributed by atoms with Gasteiger partial charge in [-0.3, -0.25) is 4.79 Å². The number of amides is 1. The summed E-state index contributed by atoms with van der Waals surface area (Å²) < 4.78 is 13.6. The van der Waals surface area contributed by atoms with E-state index < -0.39 is 0 Å². The SMILES string of the molecule is Cc1cc(CN2CCc3c(cc(CBr)cc3-c3ccc(F)cc3C)C2=O)ccc1Cl. The number of benzene rings is 3. The second-order valence-electron chi connectivity index (χ2n) is 7.82. The maximum Gasteiger partial charge on any atom is 0.254 e. The quantitative estimate of drug-likeness (QED) is 0.369. The molecular weight excluding hydrogens is 465 g/mol. The third kappa shape index (κ3) is 4.03. The highest BCUT2D eigenvalue weighted by atomic mass is 79.9. The Morgan fingerprint density at radius 3 is 2.43 bits per heavy atom. The first kappa shape index (κ1) is 21.1.